The molecule has 0 saturated heterocycles. The molecule has 0 bridgehead atoms. The Morgan fingerprint density at radius 2 is 1.64 bits per heavy atom. The molecule has 0 aromatic heterocycles. The normalized spacial score (nSPS) is 11.0. The zero-order valence-electron chi connectivity index (χ0n) is 13.2. The minimum Gasteiger partial charge on any atom is -0.462 e. The molecule has 0 aliphatic heterocycles. The minimum atomic E-state index is -0.373. The van der Waals surface area contributed by atoms with Crippen LogP contribution in [-0.4, -0.2) is 12.6 Å². The molecule has 0 heterocycles. The van der Waals surface area contributed by atoms with Crippen LogP contribution in [0.25, 0.3) is 0 Å². The number of benzene rings is 2. The van der Waals surface area contributed by atoms with Crippen molar-refractivity contribution in [2.75, 3.05) is 6.61 Å². The monoisotopic (exact) mass is 294 g/mol. The van der Waals surface area contributed by atoms with Crippen molar-refractivity contribution in [1.82, 2.24) is 0 Å². The van der Waals surface area contributed by atoms with Crippen LogP contribution in [0.2, 0.25) is 0 Å². The number of esters is 1. The van der Waals surface area contributed by atoms with Crippen LogP contribution in [0, 0.1) is 0 Å². The standard InChI is InChI=1S/C20H22O2/c1-4-19(21)22-15-14-16-10-12-18(13-11-16)20(2,3)17-8-6-5-7-9-17/h4-13H,1,14-15H2,2-3H3. The molecule has 0 aliphatic rings. The summed E-state index contributed by atoms with van der Waals surface area (Å²) in [6, 6.07) is 19.0. The third-order valence-corrected chi connectivity index (χ3v) is 3.97. The second-order valence-electron chi connectivity index (χ2n) is 5.81. The number of hydrogen-bond donors (Lipinski definition) is 0. The summed E-state index contributed by atoms with van der Waals surface area (Å²) in [7, 11) is 0. The van der Waals surface area contributed by atoms with Crippen molar-refractivity contribution in [3.05, 3.63) is 83.9 Å². The van der Waals surface area contributed by atoms with Crippen molar-refractivity contribution in [3.8, 4) is 0 Å². The van der Waals surface area contributed by atoms with Crippen molar-refractivity contribution in [2.45, 2.75) is 25.7 Å². The van der Waals surface area contributed by atoms with Crippen molar-refractivity contribution in [3.63, 3.8) is 0 Å². The average Bonchev–Trinajstić information content (AvgIpc) is 2.56. The summed E-state index contributed by atoms with van der Waals surface area (Å²) in [6.07, 6.45) is 1.90. The molecule has 0 amide bonds. The van der Waals surface area contributed by atoms with E-state index in [1.807, 2.05) is 6.07 Å². The van der Waals surface area contributed by atoms with E-state index in [1.165, 1.54) is 17.2 Å². The zero-order chi connectivity index (χ0) is 16.0. The number of hydrogen-bond acceptors (Lipinski definition) is 2. The second-order valence-corrected chi connectivity index (χ2v) is 5.81. The van der Waals surface area contributed by atoms with Crippen molar-refractivity contribution >= 4 is 5.97 Å². The van der Waals surface area contributed by atoms with E-state index in [2.05, 4.69) is 69.0 Å². The van der Waals surface area contributed by atoms with Gasteiger partial charge in [-0.25, -0.2) is 4.79 Å². The molecule has 0 N–H and O–H groups in total. The highest BCUT2D eigenvalue weighted by Crippen LogP contribution is 2.31. The molecule has 114 valence electrons. The fourth-order valence-electron chi connectivity index (χ4n) is 2.44. The van der Waals surface area contributed by atoms with E-state index < -0.39 is 0 Å². The van der Waals surface area contributed by atoms with Crippen LogP contribution in [0.3, 0.4) is 0 Å². The van der Waals surface area contributed by atoms with Gasteiger partial charge in [0.05, 0.1) is 6.61 Å². The van der Waals surface area contributed by atoms with Crippen LogP contribution in [0.15, 0.2) is 67.3 Å². The lowest BCUT2D eigenvalue weighted by Gasteiger charge is -2.26. The molecule has 0 saturated carbocycles. The Kier molecular flexibility index (Phi) is 5.16. The summed E-state index contributed by atoms with van der Waals surface area (Å²) in [6.45, 7) is 8.21. The van der Waals surface area contributed by atoms with Gasteiger partial charge in [0.25, 0.3) is 0 Å². The maximum absolute atomic E-state index is 11.0. The molecule has 2 heteroatoms. The van der Waals surface area contributed by atoms with Crippen LogP contribution >= 0.6 is 0 Å². The fourth-order valence-corrected chi connectivity index (χ4v) is 2.44. The SMILES string of the molecule is C=CC(=O)OCCc1ccc(C(C)(C)c2ccccc2)cc1. The van der Waals surface area contributed by atoms with Gasteiger partial charge in [-0.05, 0) is 16.7 Å². The summed E-state index contributed by atoms with van der Waals surface area (Å²) < 4.78 is 5.00. The lowest BCUT2D eigenvalue weighted by molar-refractivity contribution is -0.137. The van der Waals surface area contributed by atoms with E-state index >= 15 is 0 Å². The first-order valence-corrected chi connectivity index (χ1v) is 7.48. The summed E-state index contributed by atoms with van der Waals surface area (Å²) >= 11 is 0. The van der Waals surface area contributed by atoms with Gasteiger partial charge in [0.2, 0.25) is 0 Å². The minimum absolute atomic E-state index is 0.0326. The largest absolute Gasteiger partial charge is 0.462 e. The van der Waals surface area contributed by atoms with Crippen LogP contribution in [0.5, 0.6) is 0 Å². The molecule has 0 fully saturated rings. The van der Waals surface area contributed by atoms with E-state index in [9.17, 15) is 4.79 Å². The first kappa shape index (κ1) is 16.0. The highest BCUT2D eigenvalue weighted by molar-refractivity contribution is 5.81. The maximum Gasteiger partial charge on any atom is 0.330 e. The first-order valence-electron chi connectivity index (χ1n) is 7.48. The van der Waals surface area contributed by atoms with E-state index in [1.54, 1.807) is 0 Å². The third kappa shape index (κ3) is 3.85. The van der Waals surface area contributed by atoms with Gasteiger partial charge in [0, 0.05) is 17.9 Å². The molecule has 2 aromatic rings. The van der Waals surface area contributed by atoms with Crippen molar-refractivity contribution in [2.24, 2.45) is 0 Å². The zero-order valence-corrected chi connectivity index (χ0v) is 13.2. The Hall–Kier alpha value is -2.35. The number of ether oxygens (including phenoxy) is 1. The van der Waals surface area contributed by atoms with Crippen LogP contribution in [-0.2, 0) is 21.4 Å². The van der Waals surface area contributed by atoms with E-state index in [4.69, 9.17) is 4.74 Å². The second kappa shape index (κ2) is 7.08. The summed E-state index contributed by atoms with van der Waals surface area (Å²) in [5.41, 5.74) is 3.69. The van der Waals surface area contributed by atoms with Gasteiger partial charge < -0.3 is 4.74 Å². The van der Waals surface area contributed by atoms with Gasteiger partial charge in [-0.3, -0.25) is 0 Å². The Labute approximate surface area is 132 Å². The van der Waals surface area contributed by atoms with Gasteiger partial charge >= 0.3 is 5.97 Å². The molecule has 22 heavy (non-hydrogen) atoms. The van der Waals surface area contributed by atoms with Crippen molar-refractivity contribution in [1.29, 1.82) is 0 Å². The molecule has 0 radical (unpaired) electrons. The highest BCUT2D eigenvalue weighted by atomic mass is 16.5. The molecule has 2 nitrogen and oxygen atoms in total. The molecule has 2 rings (SSSR count). The first-order chi connectivity index (χ1) is 10.5. The molecule has 0 spiro atoms. The quantitative estimate of drug-likeness (QED) is 0.587. The fraction of sp³-hybridized carbons (Fsp3) is 0.250. The predicted octanol–water partition coefficient (Wildman–Crippen LogP) is 4.28. The summed E-state index contributed by atoms with van der Waals surface area (Å²) in [4.78, 5) is 11.0. The predicted molar refractivity (Wildman–Crippen MR) is 89.9 cm³/mol. The molecule has 0 unspecified atom stereocenters. The van der Waals surface area contributed by atoms with Gasteiger partial charge in [-0.15, -0.1) is 0 Å². The lowest BCUT2D eigenvalue weighted by atomic mass is 9.78. The molecule has 0 atom stereocenters. The van der Waals surface area contributed by atoms with E-state index in [0.29, 0.717) is 13.0 Å². The molecular weight excluding hydrogens is 272 g/mol. The van der Waals surface area contributed by atoms with Gasteiger partial charge in [0.1, 0.15) is 0 Å². The van der Waals surface area contributed by atoms with Gasteiger partial charge in [-0.1, -0.05) is 75.0 Å². The Morgan fingerprint density at radius 3 is 2.23 bits per heavy atom. The maximum atomic E-state index is 11.0. The smallest absolute Gasteiger partial charge is 0.330 e. The van der Waals surface area contributed by atoms with E-state index in [-0.39, 0.29) is 11.4 Å². The summed E-state index contributed by atoms with van der Waals surface area (Å²) in [5, 5.41) is 0. The number of carbonyl (C=O) groups is 1. The van der Waals surface area contributed by atoms with Gasteiger partial charge in [0.15, 0.2) is 0 Å². The number of carbonyl (C=O) groups excluding carboxylic acids is 1. The van der Waals surface area contributed by atoms with Gasteiger partial charge in [-0.2, -0.15) is 0 Å². The van der Waals surface area contributed by atoms with E-state index in [0.717, 1.165) is 5.56 Å². The number of rotatable bonds is 6. The van der Waals surface area contributed by atoms with Crippen molar-refractivity contribution < 1.29 is 9.53 Å². The topological polar surface area (TPSA) is 26.3 Å². The Morgan fingerprint density at radius 1 is 1.05 bits per heavy atom. The summed E-state index contributed by atoms with van der Waals surface area (Å²) in [5.74, 6) is -0.373. The molecule has 2 aromatic carbocycles. The van der Waals surface area contributed by atoms with Crippen LogP contribution < -0.4 is 0 Å². The van der Waals surface area contributed by atoms with Crippen LogP contribution in [0.1, 0.15) is 30.5 Å². The highest BCUT2D eigenvalue weighted by Gasteiger charge is 2.22. The van der Waals surface area contributed by atoms with Crippen LogP contribution in [0.4, 0.5) is 0 Å². The lowest BCUT2D eigenvalue weighted by Crippen LogP contribution is -2.18. The average molecular weight is 294 g/mol. The Balaban J connectivity index is 2.05. The Bertz CT molecular complexity index is 625. The third-order valence-electron chi connectivity index (χ3n) is 3.97. The molecular formula is C20H22O2. The molecule has 0 aliphatic carbocycles.